The molecule has 1 rings (SSSR count). The molecule has 0 aromatic carbocycles. The van der Waals surface area contributed by atoms with Crippen LogP contribution >= 0.6 is 0 Å². The summed E-state index contributed by atoms with van der Waals surface area (Å²) < 4.78 is 59.2. The third-order valence-corrected chi connectivity index (χ3v) is 3.94. The Morgan fingerprint density at radius 3 is 2.20 bits per heavy atom. The molecule has 0 unspecified atom stereocenters. The van der Waals surface area contributed by atoms with Gasteiger partial charge in [-0.25, -0.2) is 8.42 Å². The fourth-order valence-corrected chi connectivity index (χ4v) is 2.39. The first-order chi connectivity index (χ1) is 6.75. The summed E-state index contributed by atoms with van der Waals surface area (Å²) in [5.41, 5.74) is -5.18. The molecule has 0 atom stereocenters. The highest BCUT2D eigenvalue weighted by Crippen LogP contribution is 2.27. The molecule has 1 aliphatic rings. The average molecular weight is 246 g/mol. The van der Waals surface area contributed by atoms with E-state index in [4.69, 9.17) is 0 Å². The first-order valence-electron chi connectivity index (χ1n) is 4.50. The minimum Gasteiger partial charge on any atom is -0.305 e. The van der Waals surface area contributed by atoms with Crippen molar-refractivity contribution in [3.05, 3.63) is 0 Å². The number of sulfonamides is 1. The van der Waals surface area contributed by atoms with Gasteiger partial charge in [-0.05, 0) is 20.0 Å². The van der Waals surface area contributed by atoms with Gasteiger partial charge in [-0.15, -0.1) is 0 Å². The molecule has 0 aromatic heterocycles. The Balaban J connectivity index is 2.80. The lowest BCUT2D eigenvalue weighted by atomic mass is 10.4. The smallest absolute Gasteiger partial charge is 0.305 e. The maximum Gasteiger partial charge on any atom is 0.511 e. The number of rotatable bonds is 1. The SMILES string of the molecule is CN1CCCN(S(=O)(=O)C(F)(F)F)CC1. The number of nitrogens with zero attached hydrogens (tertiary/aromatic N) is 2. The summed E-state index contributed by atoms with van der Waals surface area (Å²) in [7, 11) is -3.39. The van der Waals surface area contributed by atoms with Crippen LogP contribution in [0.2, 0.25) is 0 Å². The third-order valence-electron chi connectivity index (χ3n) is 2.31. The molecule has 1 fully saturated rings. The van der Waals surface area contributed by atoms with E-state index in [0.717, 1.165) is 0 Å². The highest BCUT2D eigenvalue weighted by molar-refractivity contribution is 7.90. The molecule has 1 heterocycles. The summed E-state index contributed by atoms with van der Waals surface area (Å²) in [6.07, 6.45) is 0.422. The molecule has 4 nitrogen and oxygen atoms in total. The van der Waals surface area contributed by atoms with E-state index in [2.05, 4.69) is 0 Å². The predicted molar refractivity (Wildman–Crippen MR) is 48.7 cm³/mol. The van der Waals surface area contributed by atoms with E-state index >= 15 is 0 Å². The van der Waals surface area contributed by atoms with E-state index in [1.165, 1.54) is 0 Å². The highest BCUT2D eigenvalue weighted by atomic mass is 32.2. The highest BCUT2D eigenvalue weighted by Gasteiger charge is 2.49. The van der Waals surface area contributed by atoms with Gasteiger partial charge in [-0.2, -0.15) is 17.5 Å². The van der Waals surface area contributed by atoms with Crippen molar-refractivity contribution in [2.45, 2.75) is 11.9 Å². The number of hydrogen-bond acceptors (Lipinski definition) is 3. The van der Waals surface area contributed by atoms with Gasteiger partial charge in [0.2, 0.25) is 0 Å². The Morgan fingerprint density at radius 2 is 1.67 bits per heavy atom. The average Bonchev–Trinajstić information content (AvgIpc) is 2.27. The fourth-order valence-electron chi connectivity index (χ4n) is 1.41. The van der Waals surface area contributed by atoms with Gasteiger partial charge in [-0.3, -0.25) is 0 Å². The van der Waals surface area contributed by atoms with Crippen LogP contribution in [0.15, 0.2) is 0 Å². The molecule has 0 aromatic rings. The molecule has 0 radical (unpaired) electrons. The summed E-state index contributed by atoms with van der Waals surface area (Å²) >= 11 is 0. The Bertz CT molecular complexity index is 315. The van der Waals surface area contributed by atoms with Crippen molar-refractivity contribution in [3.63, 3.8) is 0 Å². The van der Waals surface area contributed by atoms with E-state index < -0.39 is 15.5 Å². The zero-order chi connectivity index (χ0) is 11.7. The molecule has 0 N–H and O–H groups in total. The summed E-state index contributed by atoms with van der Waals surface area (Å²) in [5.74, 6) is 0. The van der Waals surface area contributed by atoms with Crippen LogP contribution in [0.3, 0.4) is 0 Å². The molecule has 8 heteroatoms. The molecule has 0 amide bonds. The van der Waals surface area contributed by atoms with Gasteiger partial charge in [0.1, 0.15) is 0 Å². The normalized spacial score (nSPS) is 22.7. The summed E-state index contributed by atoms with van der Waals surface area (Å²) in [4.78, 5) is 1.81. The Morgan fingerprint density at radius 1 is 1.07 bits per heavy atom. The van der Waals surface area contributed by atoms with E-state index in [1.54, 1.807) is 7.05 Å². The van der Waals surface area contributed by atoms with Crippen LogP contribution in [0.5, 0.6) is 0 Å². The van der Waals surface area contributed by atoms with Gasteiger partial charge < -0.3 is 4.90 Å². The van der Waals surface area contributed by atoms with E-state index in [-0.39, 0.29) is 13.1 Å². The van der Waals surface area contributed by atoms with Crippen molar-refractivity contribution < 1.29 is 21.6 Å². The quantitative estimate of drug-likeness (QED) is 0.675. The van der Waals surface area contributed by atoms with Crippen molar-refractivity contribution in [1.29, 1.82) is 0 Å². The van der Waals surface area contributed by atoms with Crippen LogP contribution in [0, 0.1) is 0 Å². The van der Waals surface area contributed by atoms with Crippen molar-refractivity contribution in [1.82, 2.24) is 9.21 Å². The summed E-state index contributed by atoms with van der Waals surface area (Å²) in [6.45, 7) is 0.781. The number of alkyl halides is 3. The van der Waals surface area contributed by atoms with Crippen LogP contribution in [-0.2, 0) is 10.0 Å². The van der Waals surface area contributed by atoms with Crippen molar-refractivity contribution in [2.75, 3.05) is 33.2 Å². The second kappa shape index (κ2) is 4.26. The van der Waals surface area contributed by atoms with Gasteiger partial charge in [0, 0.05) is 19.6 Å². The fraction of sp³-hybridized carbons (Fsp3) is 1.00. The lowest BCUT2D eigenvalue weighted by molar-refractivity contribution is -0.0488. The summed E-state index contributed by atoms with van der Waals surface area (Å²) in [6, 6.07) is 0. The van der Waals surface area contributed by atoms with Gasteiger partial charge in [0.05, 0.1) is 0 Å². The number of halogens is 3. The molecule has 90 valence electrons. The monoisotopic (exact) mass is 246 g/mol. The maximum atomic E-state index is 12.2. The lowest BCUT2D eigenvalue weighted by Gasteiger charge is -2.21. The molecule has 1 aliphatic heterocycles. The van der Waals surface area contributed by atoms with E-state index in [0.29, 0.717) is 23.8 Å². The Kier molecular flexibility index (Phi) is 3.62. The minimum absolute atomic E-state index is 0.0633. The molecule has 0 spiro atoms. The van der Waals surface area contributed by atoms with Crippen molar-refractivity contribution in [3.8, 4) is 0 Å². The van der Waals surface area contributed by atoms with E-state index in [9.17, 15) is 21.6 Å². The zero-order valence-corrected chi connectivity index (χ0v) is 9.11. The Hall–Kier alpha value is -0.340. The molecule has 0 bridgehead atoms. The zero-order valence-electron chi connectivity index (χ0n) is 8.29. The number of hydrogen-bond donors (Lipinski definition) is 0. The van der Waals surface area contributed by atoms with E-state index in [1.807, 2.05) is 4.90 Å². The predicted octanol–water partition coefficient (Wildman–Crippen LogP) is 0.474. The van der Waals surface area contributed by atoms with Crippen LogP contribution in [0.4, 0.5) is 13.2 Å². The van der Waals surface area contributed by atoms with Crippen molar-refractivity contribution >= 4 is 10.0 Å². The standard InChI is InChI=1S/C7H13F3N2O2S/c1-11-3-2-4-12(6-5-11)15(13,14)7(8,9)10/h2-6H2,1H3. The second-order valence-corrected chi connectivity index (χ2v) is 5.44. The van der Waals surface area contributed by atoms with Crippen LogP contribution in [0.25, 0.3) is 0 Å². The topological polar surface area (TPSA) is 40.6 Å². The molecule has 1 saturated heterocycles. The number of likely N-dealkylation sites (N-methyl/N-ethyl adjacent to an activating group) is 1. The Labute approximate surface area is 86.7 Å². The van der Waals surface area contributed by atoms with Gasteiger partial charge in [0.25, 0.3) is 0 Å². The van der Waals surface area contributed by atoms with Gasteiger partial charge in [-0.1, -0.05) is 0 Å². The van der Waals surface area contributed by atoms with Gasteiger partial charge in [0.15, 0.2) is 0 Å². The summed E-state index contributed by atoms with van der Waals surface area (Å²) in [5, 5.41) is 0. The van der Waals surface area contributed by atoms with Crippen LogP contribution in [-0.4, -0.2) is 56.4 Å². The first-order valence-corrected chi connectivity index (χ1v) is 5.94. The maximum absolute atomic E-state index is 12.2. The minimum atomic E-state index is -5.18. The third kappa shape index (κ3) is 2.82. The van der Waals surface area contributed by atoms with Crippen LogP contribution in [0.1, 0.15) is 6.42 Å². The molecular formula is C7H13F3N2O2S. The molecule has 15 heavy (non-hydrogen) atoms. The second-order valence-electron chi connectivity index (χ2n) is 3.51. The molecule has 0 saturated carbocycles. The molecule has 0 aliphatic carbocycles. The van der Waals surface area contributed by atoms with Crippen LogP contribution < -0.4 is 0 Å². The lowest BCUT2D eigenvalue weighted by Crippen LogP contribution is -2.42. The van der Waals surface area contributed by atoms with Crippen molar-refractivity contribution in [2.24, 2.45) is 0 Å². The first kappa shape index (κ1) is 12.7. The van der Waals surface area contributed by atoms with Gasteiger partial charge >= 0.3 is 15.5 Å². The molecular weight excluding hydrogens is 233 g/mol. The largest absolute Gasteiger partial charge is 0.511 e.